The fourth-order valence-corrected chi connectivity index (χ4v) is 6.77. The van der Waals surface area contributed by atoms with E-state index in [1.807, 2.05) is 18.3 Å². The molecule has 4 heterocycles. The van der Waals surface area contributed by atoms with Crippen LogP contribution in [0.2, 0.25) is 0 Å². The first-order valence-corrected chi connectivity index (χ1v) is 11.7. The first-order chi connectivity index (χ1) is 13.6. The number of rotatable bonds is 2. The fraction of sp³-hybridized carbons (Fsp3) is 0.0952. The third kappa shape index (κ3) is 2.95. The summed E-state index contributed by atoms with van der Waals surface area (Å²) in [4.78, 5) is 21.5. The molecule has 1 fully saturated rings. The van der Waals surface area contributed by atoms with Gasteiger partial charge in [0.2, 0.25) is 0 Å². The summed E-state index contributed by atoms with van der Waals surface area (Å²) >= 11 is 6.68. The zero-order valence-corrected chi connectivity index (χ0v) is 18.3. The van der Waals surface area contributed by atoms with Gasteiger partial charge in [0, 0.05) is 0 Å². The number of aromatic nitrogens is 1. The molecule has 1 amide bonds. The molecule has 0 radical (unpaired) electrons. The maximum atomic E-state index is 12.3. The van der Waals surface area contributed by atoms with Gasteiger partial charge in [-0.15, -0.1) is 0 Å². The number of thioether (sulfide) groups is 1. The van der Waals surface area contributed by atoms with E-state index >= 15 is 0 Å². The van der Waals surface area contributed by atoms with E-state index < -0.39 is 0 Å². The predicted molar refractivity (Wildman–Crippen MR) is 120 cm³/mol. The molecule has 2 aliphatic heterocycles. The molecule has 0 bridgehead atoms. The molecule has 0 saturated carbocycles. The molecule has 4 nitrogen and oxygen atoms in total. The third-order valence-corrected chi connectivity index (χ3v) is 8.40. The van der Waals surface area contributed by atoms with Gasteiger partial charge in [0.25, 0.3) is 0 Å². The third-order valence-electron chi connectivity index (χ3n) is 4.79. The first kappa shape index (κ1) is 17.9. The number of benzene rings is 1. The Morgan fingerprint density at radius 3 is 2.79 bits per heavy atom. The summed E-state index contributed by atoms with van der Waals surface area (Å²) < 4.78 is 2.99. The van der Waals surface area contributed by atoms with E-state index in [1.54, 1.807) is 7.05 Å². The van der Waals surface area contributed by atoms with Gasteiger partial charge in [0.05, 0.1) is 0 Å². The van der Waals surface area contributed by atoms with E-state index in [2.05, 4.69) is 52.3 Å². The van der Waals surface area contributed by atoms with Crippen LogP contribution in [0.3, 0.4) is 0 Å². The van der Waals surface area contributed by atoms with Crippen LogP contribution >= 0.6 is 24.0 Å². The van der Waals surface area contributed by atoms with Gasteiger partial charge in [-0.1, -0.05) is 0 Å². The van der Waals surface area contributed by atoms with Gasteiger partial charge in [-0.25, -0.2) is 0 Å². The van der Waals surface area contributed by atoms with Crippen LogP contribution in [0.5, 0.6) is 0 Å². The molecule has 1 aromatic carbocycles. The number of hydrogen-bond donors (Lipinski definition) is 0. The Morgan fingerprint density at radius 2 is 1.96 bits per heavy atom. The van der Waals surface area contributed by atoms with Gasteiger partial charge in [0.1, 0.15) is 0 Å². The first-order valence-electron chi connectivity index (χ1n) is 8.75. The van der Waals surface area contributed by atoms with Gasteiger partial charge in [-0.3, -0.25) is 0 Å². The normalized spacial score (nSPS) is 17.2. The molecule has 1 saturated heterocycles. The monoisotopic (exact) mass is 469 g/mol. The number of amides is 1. The van der Waals surface area contributed by atoms with Crippen LogP contribution in [-0.2, 0) is 11.2 Å². The number of carbonyl (C=O) groups is 1. The Kier molecular flexibility index (Phi) is 4.48. The summed E-state index contributed by atoms with van der Waals surface area (Å²) in [6, 6.07) is 16.9. The van der Waals surface area contributed by atoms with Gasteiger partial charge in [0.15, 0.2) is 0 Å². The van der Waals surface area contributed by atoms with Crippen molar-refractivity contribution in [3.8, 4) is 0 Å². The minimum absolute atomic E-state index is 0.0181. The summed E-state index contributed by atoms with van der Waals surface area (Å²) in [6.45, 7) is 0. The molecular formula is C21H15N3OS2Se. The second kappa shape index (κ2) is 7.01. The Morgan fingerprint density at radius 1 is 1.14 bits per heavy atom. The van der Waals surface area contributed by atoms with Crippen LogP contribution in [0.1, 0.15) is 15.6 Å². The number of para-hydroxylation sites is 1. The van der Waals surface area contributed by atoms with Crippen molar-refractivity contribution < 1.29 is 4.79 Å². The van der Waals surface area contributed by atoms with Crippen molar-refractivity contribution in [2.24, 2.45) is 0 Å². The van der Waals surface area contributed by atoms with E-state index in [0.717, 1.165) is 16.7 Å². The van der Waals surface area contributed by atoms with Crippen molar-refractivity contribution in [2.75, 3.05) is 11.9 Å². The van der Waals surface area contributed by atoms with Gasteiger partial charge in [-0.2, -0.15) is 0 Å². The second-order valence-electron chi connectivity index (χ2n) is 6.54. The molecule has 3 aromatic rings. The topological polar surface area (TPSA) is 36.4 Å². The Labute approximate surface area is 178 Å². The zero-order valence-electron chi connectivity index (χ0n) is 15.0. The molecule has 0 N–H and O–H groups in total. The fourth-order valence-electron chi connectivity index (χ4n) is 3.41. The zero-order chi connectivity index (χ0) is 19.3. The molecule has 2 aliphatic rings. The summed E-state index contributed by atoms with van der Waals surface area (Å²) in [6.07, 6.45) is 4.74. The van der Waals surface area contributed by atoms with Crippen LogP contribution in [0.25, 0.3) is 6.08 Å². The summed E-state index contributed by atoms with van der Waals surface area (Å²) in [7, 11) is 1.73. The van der Waals surface area contributed by atoms with Crippen LogP contribution < -0.4 is 4.90 Å². The second-order valence-corrected chi connectivity index (χ2v) is 10.5. The van der Waals surface area contributed by atoms with E-state index in [4.69, 9.17) is 12.2 Å². The van der Waals surface area contributed by atoms with E-state index in [0.29, 0.717) is 9.23 Å². The standard InChI is InChI=1S/C21H15N3OS2Se/c1-23-20(25)17(27-21(23)26)12-15-8-9-18(28-15)24-16-7-3-2-5-13(16)11-14-6-4-10-22-19(14)24/h2-10,12H,11H2,1H3/b17-12+. The Bertz CT molecular complexity index is 1110. The minimum atomic E-state index is -0.0181. The van der Waals surface area contributed by atoms with Crippen molar-refractivity contribution in [1.29, 1.82) is 0 Å². The van der Waals surface area contributed by atoms with Crippen LogP contribution in [0.15, 0.2) is 59.6 Å². The van der Waals surface area contributed by atoms with Gasteiger partial charge < -0.3 is 0 Å². The molecule has 28 heavy (non-hydrogen) atoms. The molecule has 0 spiro atoms. The Balaban J connectivity index is 1.57. The SMILES string of the molecule is CN1C(=O)/C(=C\c2ccc(N3c4ccccc4Cc4cccnc43)[se]2)SC1=S. The van der Waals surface area contributed by atoms with Crippen LogP contribution in [-0.4, -0.2) is 41.7 Å². The van der Waals surface area contributed by atoms with E-state index in [1.165, 1.54) is 38.0 Å². The quantitative estimate of drug-likeness (QED) is 0.249. The van der Waals surface area contributed by atoms with Crippen molar-refractivity contribution >= 4 is 70.9 Å². The predicted octanol–water partition coefficient (Wildman–Crippen LogP) is 4.34. The number of hydrogen-bond acceptors (Lipinski definition) is 5. The molecule has 138 valence electrons. The molecule has 0 aliphatic carbocycles. The number of pyridine rings is 1. The molecule has 5 rings (SSSR count). The average Bonchev–Trinajstić information content (AvgIpc) is 3.26. The maximum absolute atomic E-state index is 12.3. The van der Waals surface area contributed by atoms with Crippen molar-refractivity contribution in [1.82, 2.24) is 9.88 Å². The molecule has 2 aromatic heterocycles. The summed E-state index contributed by atoms with van der Waals surface area (Å²) in [5.41, 5.74) is 3.73. The number of carbonyl (C=O) groups excluding carboxylic acids is 1. The number of thiocarbonyl (C=S) groups is 1. The number of anilines is 3. The molecular weight excluding hydrogens is 453 g/mol. The van der Waals surface area contributed by atoms with Crippen LogP contribution in [0.4, 0.5) is 16.1 Å². The molecule has 0 unspecified atom stereocenters. The van der Waals surface area contributed by atoms with E-state index in [-0.39, 0.29) is 20.4 Å². The number of nitrogens with zero attached hydrogens (tertiary/aromatic N) is 3. The van der Waals surface area contributed by atoms with Crippen LogP contribution in [0, 0.1) is 0 Å². The molecule has 0 atom stereocenters. The summed E-state index contributed by atoms with van der Waals surface area (Å²) in [5, 5.41) is 0. The summed E-state index contributed by atoms with van der Waals surface area (Å²) in [5.74, 6) is 0.985. The van der Waals surface area contributed by atoms with Gasteiger partial charge >= 0.3 is 179 Å². The van der Waals surface area contributed by atoms with Crippen molar-refractivity contribution in [2.45, 2.75) is 6.42 Å². The number of likely N-dealkylation sites (N-methyl/N-ethyl adjacent to an activating group) is 1. The van der Waals surface area contributed by atoms with Crippen molar-refractivity contribution in [3.05, 3.63) is 75.2 Å². The van der Waals surface area contributed by atoms with E-state index in [9.17, 15) is 4.79 Å². The Hall–Kier alpha value is -2.18. The van der Waals surface area contributed by atoms with Crippen molar-refractivity contribution in [3.63, 3.8) is 0 Å². The van der Waals surface area contributed by atoms with Gasteiger partial charge in [-0.05, 0) is 0 Å². The molecule has 7 heteroatoms. The number of fused-ring (bicyclic) bond motifs is 2. The average molecular weight is 468 g/mol.